The lowest BCUT2D eigenvalue weighted by molar-refractivity contribution is -0.908. The van der Waals surface area contributed by atoms with E-state index < -0.39 is 23.5 Å². The van der Waals surface area contributed by atoms with Crippen LogP contribution < -0.4 is 14.7 Å². The minimum Gasteiger partial charge on any atom is -0.872 e. The molecule has 1 atom stereocenters. The Balaban J connectivity index is 1.66. The summed E-state index contributed by atoms with van der Waals surface area (Å²) in [6.07, 6.45) is 0.737. The number of hydrogen-bond acceptors (Lipinski definition) is 5. The number of ether oxygens (including phenoxy) is 2. The molecular formula is C29H35BrN2O5. The summed E-state index contributed by atoms with van der Waals surface area (Å²) in [6.45, 7) is 11.2. The monoisotopic (exact) mass is 570 g/mol. The molecule has 0 radical (unpaired) electrons. The van der Waals surface area contributed by atoms with Gasteiger partial charge in [-0.15, -0.1) is 0 Å². The molecule has 1 unspecified atom stereocenters. The van der Waals surface area contributed by atoms with Gasteiger partial charge < -0.3 is 24.4 Å². The van der Waals surface area contributed by atoms with Crippen molar-refractivity contribution < 1.29 is 29.1 Å². The third-order valence-electron chi connectivity index (χ3n) is 6.85. The zero-order chi connectivity index (χ0) is 26.5. The van der Waals surface area contributed by atoms with E-state index in [-0.39, 0.29) is 5.57 Å². The Labute approximate surface area is 227 Å². The predicted octanol–water partition coefficient (Wildman–Crippen LogP) is 2.32. The molecule has 2 aromatic rings. The van der Waals surface area contributed by atoms with Gasteiger partial charge in [0.1, 0.15) is 18.8 Å². The number of benzene rings is 2. The highest BCUT2D eigenvalue weighted by Crippen LogP contribution is 2.40. The fraction of sp³-hybridized carbons (Fsp3) is 0.448. The summed E-state index contributed by atoms with van der Waals surface area (Å²) in [5, 5.41) is 13.8. The molecular weight excluding hydrogens is 536 g/mol. The number of carbonyl (C=O) groups is 2. The van der Waals surface area contributed by atoms with Crippen molar-refractivity contribution >= 4 is 33.4 Å². The van der Waals surface area contributed by atoms with Gasteiger partial charge in [-0.1, -0.05) is 53.7 Å². The van der Waals surface area contributed by atoms with Crippen molar-refractivity contribution in [2.45, 2.75) is 33.2 Å². The lowest BCUT2D eigenvalue weighted by Gasteiger charge is -2.29. The normalized spacial score (nSPS) is 20.1. The maximum absolute atomic E-state index is 13.8. The smallest absolute Gasteiger partial charge is 0.295 e. The summed E-state index contributed by atoms with van der Waals surface area (Å²) >= 11 is 3.50. The Kier molecular flexibility index (Phi) is 9.05. The predicted molar refractivity (Wildman–Crippen MR) is 143 cm³/mol. The first kappa shape index (κ1) is 27.4. The molecule has 198 valence electrons. The zero-order valence-corrected chi connectivity index (χ0v) is 23.3. The van der Waals surface area contributed by atoms with Crippen molar-refractivity contribution in [3.63, 3.8) is 0 Å². The number of quaternary nitrogens is 1. The van der Waals surface area contributed by atoms with Crippen molar-refractivity contribution in [2.24, 2.45) is 5.92 Å². The zero-order valence-electron chi connectivity index (χ0n) is 21.7. The molecule has 2 aliphatic heterocycles. The second-order valence-electron chi connectivity index (χ2n) is 10.2. The average Bonchev–Trinajstić information content (AvgIpc) is 3.13. The minimum atomic E-state index is -0.721. The number of carbonyl (C=O) groups excluding carboxylic acids is 2. The van der Waals surface area contributed by atoms with E-state index in [1.54, 1.807) is 17.0 Å². The fourth-order valence-electron chi connectivity index (χ4n) is 4.92. The largest absolute Gasteiger partial charge is 0.872 e. The summed E-state index contributed by atoms with van der Waals surface area (Å²) in [7, 11) is 0. The van der Waals surface area contributed by atoms with Crippen LogP contribution in [0.25, 0.3) is 5.76 Å². The first-order valence-corrected chi connectivity index (χ1v) is 13.7. The number of amides is 1. The van der Waals surface area contributed by atoms with Crippen molar-refractivity contribution in [3.8, 4) is 5.75 Å². The lowest BCUT2D eigenvalue weighted by Crippen LogP contribution is -3.14. The van der Waals surface area contributed by atoms with Crippen molar-refractivity contribution in [1.29, 1.82) is 0 Å². The number of aryl methyl sites for hydroxylation is 1. The number of hydrogen-bond donors (Lipinski definition) is 1. The Bertz CT molecular complexity index is 1170. The molecule has 0 bridgehead atoms. The van der Waals surface area contributed by atoms with Gasteiger partial charge in [0.2, 0.25) is 5.78 Å². The Morgan fingerprint density at radius 2 is 1.95 bits per heavy atom. The fourth-order valence-corrected chi connectivity index (χ4v) is 5.34. The Morgan fingerprint density at radius 1 is 1.19 bits per heavy atom. The first-order chi connectivity index (χ1) is 17.8. The van der Waals surface area contributed by atoms with Crippen LogP contribution in [-0.2, 0) is 14.3 Å². The number of likely N-dealkylation sites (tertiary alicyclic amines) is 1. The van der Waals surface area contributed by atoms with Crippen LogP contribution in [0.5, 0.6) is 5.75 Å². The maximum Gasteiger partial charge on any atom is 0.295 e. The van der Waals surface area contributed by atoms with Crippen LogP contribution in [0.15, 0.2) is 52.5 Å². The van der Waals surface area contributed by atoms with Gasteiger partial charge in [0, 0.05) is 23.0 Å². The molecule has 1 amide bonds. The highest BCUT2D eigenvalue weighted by molar-refractivity contribution is 9.10. The second kappa shape index (κ2) is 12.2. The van der Waals surface area contributed by atoms with Crippen LogP contribution in [0, 0.1) is 12.8 Å². The molecule has 0 spiro atoms. The summed E-state index contributed by atoms with van der Waals surface area (Å²) < 4.78 is 12.1. The van der Waals surface area contributed by atoms with Crippen molar-refractivity contribution in [1.82, 2.24) is 4.90 Å². The maximum atomic E-state index is 13.8. The molecule has 1 N–H and O–H groups in total. The lowest BCUT2D eigenvalue weighted by atomic mass is 9.94. The minimum absolute atomic E-state index is 0.0146. The highest BCUT2D eigenvalue weighted by atomic mass is 79.9. The van der Waals surface area contributed by atoms with Crippen LogP contribution in [0.1, 0.15) is 43.0 Å². The molecule has 2 heterocycles. The Morgan fingerprint density at radius 3 is 2.62 bits per heavy atom. The second-order valence-corrected chi connectivity index (χ2v) is 11.1. The van der Waals surface area contributed by atoms with Crippen molar-refractivity contribution in [2.75, 3.05) is 46.0 Å². The molecule has 0 aliphatic carbocycles. The standard InChI is InChI=1S/C29H35BrN2O5/c1-19(2)18-37-23-8-9-24(20(3)16-23)27(33)25-26(21-6-4-7-22(30)17-21)32(29(35)28(25)34)11-5-10-31-12-14-36-15-13-31/h4,6-9,16-17,19,26,33H,5,10-15,18H2,1-3H3. The van der Waals surface area contributed by atoms with Crippen LogP contribution in [-0.4, -0.2) is 62.6 Å². The summed E-state index contributed by atoms with van der Waals surface area (Å²) in [5.74, 6) is -0.677. The summed E-state index contributed by atoms with van der Waals surface area (Å²) in [5.41, 5.74) is 1.87. The van der Waals surface area contributed by atoms with Gasteiger partial charge >= 0.3 is 0 Å². The van der Waals surface area contributed by atoms with Gasteiger partial charge in [0.15, 0.2) is 0 Å². The van der Waals surface area contributed by atoms with Crippen LogP contribution in [0.2, 0.25) is 0 Å². The van der Waals surface area contributed by atoms with Gasteiger partial charge in [0.05, 0.1) is 32.4 Å². The summed E-state index contributed by atoms with van der Waals surface area (Å²) in [6, 6.07) is 12.0. The van der Waals surface area contributed by atoms with E-state index in [9.17, 15) is 14.7 Å². The van der Waals surface area contributed by atoms with E-state index >= 15 is 0 Å². The van der Waals surface area contributed by atoms with Gasteiger partial charge in [-0.25, -0.2) is 0 Å². The highest BCUT2D eigenvalue weighted by Gasteiger charge is 2.44. The molecule has 2 fully saturated rings. The number of rotatable bonds is 9. The SMILES string of the molecule is Cc1cc(OCC(C)C)ccc1C([O-])=C1C(=O)C(=O)N(CCC[NH+]2CCOCC2)C1c1cccc(Br)c1. The van der Waals surface area contributed by atoms with Gasteiger partial charge in [-0.2, -0.15) is 0 Å². The molecule has 2 aromatic carbocycles. The van der Waals surface area contributed by atoms with E-state index in [1.807, 2.05) is 37.3 Å². The number of morpholine rings is 1. The van der Waals surface area contributed by atoms with Crippen LogP contribution in [0.3, 0.4) is 0 Å². The van der Waals surface area contributed by atoms with E-state index in [2.05, 4.69) is 29.8 Å². The molecule has 7 nitrogen and oxygen atoms in total. The van der Waals surface area contributed by atoms with Crippen molar-refractivity contribution in [3.05, 3.63) is 69.2 Å². The third-order valence-corrected chi connectivity index (χ3v) is 7.34. The number of nitrogens with one attached hydrogen (secondary N) is 1. The number of halogens is 1. The number of ketones is 1. The van der Waals surface area contributed by atoms with Crippen LogP contribution in [0.4, 0.5) is 0 Å². The van der Waals surface area contributed by atoms with E-state index in [4.69, 9.17) is 9.47 Å². The first-order valence-electron chi connectivity index (χ1n) is 12.9. The summed E-state index contributed by atoms with van der Waals surface area (Å²) in [4.78, 5) is 29.6. The van der Waals surface area contributed by atoms with Crippen LogP contribution >= 0.6 is 15.9 Å². The number of Topliss-reactive ketones (excluding diaryl/α,β-unsaturated/α-hetero) is 1. The molecule has 37 heavy (non-hydrogen) atoms. The van der Waals surface area contributed by atoms with E-state index in [0.717, 1.165) is 49.3 Å². The molecule has 2 saturated heterocycles. The Hall–Kier alpha value is -2.68. The van der Waals surface area contributed by atoms with Gasteiger partial charge in [-0.3, -0.25) is 9.59 Å². The average molecular weight is 572 g/mol. The topological polar surface area (TPSA) is 83.3 Å². The molecule has 4 rings (SSSR count). The van der Waals surface area contributed by atoms with E-state index in [1.165, 1.54) is 4.90 Å². The molecule has 0 aromatic heterocycles. The van der Waals surface area contributed by atoms with Gasteiger partial charge in [-0.05, 0) is 53.8 Å². The quantitative estimate of drug-likeness (QED) is 0.284. The molecule has 0 saturated carbocycles. The van der Waals surface area contributed by atoms with E-state index in [0.29, 0.717) is 35.9 Å². The molecule has 2 aliphatic rings. The third kappa shape index (κ3) is 6.43. The molecule has 8 heteroatoms. The number of nitrogens with zero attached hydrogens (tertiary/aromatic N) is 1. The van der Waals surface area contributed by atoms with Gasteiger partial charge in [0.25, 0.3) is 5.91 Å².